The zero-order chi connectivity index (χ0) is 45.3. The third-order valence-electron chi connectivity index (χ3n) is 10.4. The van der Waals surface area contributed by atoms with Crippen LogP contribution in [0.4, 0.5) is 0 Å². The monoisotopic (exact) mass is 991 g/mol. The van der Waals surface area contributed by atoms with Gasteiger partial charge in [0, 0.05) is 0 Å². The van der Waals surface area contributed by atoms with E-state index in [-0.39, 0.29) is 36.4 Å². The SMILES string of the molecule is O=S(=O)(O)c1ccc(-c2c3nc(c(-c4ccc(S(=O)(=O)O)cc4)c4ccc([n-]4)c(-c4ccc(S(=O)(=O)O)cc4)c4nc(c(-c5ccc(S(=O)(=O)O)cc5)c5ccc2[n-]5)C=C4)C=C3)cc1.[Co+2]. The summed E-state index contributed by atoms with van der Waals surface area (Å²) in [5, 5.41) is 0. The van der Waals surface area contributed by atoms with Gasteiger partial charge in [-0.05, 0) is 117 Å². The Kier molecular flexibility index (Phi) is 11.5. The van der Waals surface area contributed by atoms with Gasteiger partial charge in [0.2, 0.25) is 0 Å². The Labute approximate surface area is 381 Å². The summed E-state index contributed by atoms with van der Waals surface area (Å²) in [6.07, 6.45) is 6.79. The van der Waals surface area contributed by atoms with Gasteiger partial charge in [-0.1, -0.05) is 72.8 Å². The van der Waals surface area contributed by atoms with E-state index in [2.05, 4.69) is 0 Å². The average Bonchev–Trinajstić information content (AvgIpc) is 4.08. The maximum Gasteiger partial charge on any atom is 2.00 e. The molecule has 0 atom stereocenters. The number of benzene rings is 4. The van der Waals surface area contributed by atoms with Crippen LogP contribution in [0.2, 0.25) is 0 Å². The van der Waals surface area contributed by atoms with Crippen molar-refractivity contribution in [3.63, 3.8) is 0 Å². The fraction of sp³-hybridized carbons (Fsp3) is 0. The molecule has 329 valence electrons. The molecule has 16 nitrogen and oxygen atoms in total. The molecular weight excluding hydrogens is 964 g/mol. The molecule has 2 aliphatic rings. The molecule has 5 heterocycles. The van der Waals surface area contributed by atoms with Crippen LogP contribution in [0.1, 0.15) is 22.8 Å². The molecule has 2 aliphatic heterocycles. The van der Waals surface area contributed by atoms with E-state index in [1.54, 1.807) is 48.6 Å². The first-order valence-corrected chi connectivity index (χ1v) is 24.4. The van der Waals surface area contributed by atoms with Crippen LogP contribution < -0.4 is 9.97 Å². The van der Waals surface area contributed by atoms with Gasteiger partial charge in [-0.3, -0.25) is 18.2 Å². The van der Waals surface area contributed by atoms with Crippen LogP contribution >= 0.6 is 0 Å². The number of hydrogen-bond acceptors (Lipinski definition) is 10. The van der Waals surface area contributed by atoms with Crippen LogP contribution in [0.3, 0.4) is 0 Å². The molecular formula is C44H28CoN4O12S4. The van der Waals surface area contributed by atoms with Gasteiger partial charge in [0.25, 0.3) is 40.5 Å². The summed E-state index contributed by atoms with van der Waals surface area (Å²) in [7, 11) is -18.2. The van der Waals surface area contributed by atoms with Crippen LogP contribution in [-0.4, -0.2) is 61.9 Å². The van der Waals surface area contributed by atoms with E-state index in [1.165, 1.54) is 97.1 Å². The van der Waals surface area contributed by atoms with Crippen molar-refractivity contribution in [2.24, 2.45) is 0 Å². The smallest absolute Gasteiger partial charge is 0.657 e. The van der Waals surface area contributed by atoms with Crippen LogP contribution in [0.15, 0.2) is 141 Å². The molecule has 1 radical (unpaired) electrons. The fourth-order valence-corrected chi connectivity index (χ4v) is 9.36. The normalized spacial score (nSPS) is 12.9. The Bertz CT molecular complexity index is 3300. The van der Waals surface area contributed by atoms with E-state index < -0.39 is 40.5 Å². The van der Waals surface area contributed by atoms with E-state index in [9.17, 15) is 51.9 Å². The van der Waals surface area contributed by atoms with Crippen molar-refractivity contribution in [3.05, 3.63) is 144 Å². The molecule has 0 spiro atoms. The Morgan fingerprint density at radius 3 is 0.662 bits per heavy atom. The summed E-state index contributed by atoms with van der Waals surface area (Å²) < 4.78 is 135. The fourth-order valence-electron chi connectivity index (χ4n) is 7.44. The number of hydrogen-bond donors (Lipinski definition) is 4. The predicted molar refractivity (Wildman–Crippen MR) is 238 cm³/mol. The minimum Gasteiger partial charge on any atom is -0.657 e. The average molecular weight is 992 g/mol. The molecule has 3 aromatic heterocycles. The number of aromatic nitrogens is 4. The van der Waals surface area contributed by atoms with Gasteiger partial charge >= 0.3 is 16.8 Å². The molecule has 21 heteroatoms. The van der Waals surface area contributed by atoms with E-state index in [0.29, 0.717) is 89.4 Å². The van der Waals surface area contributed by atoms with Crippen molar-refractivity contribution in [2.75, 3.05) is 0 Å². The van der Waals surface area contributed by atoms with E-state index in [0.717, 1.165) is 0 Å². The van der Waals surface area contributed by atoms with Crippen LogP contribution in [0.25, 0.3) is 90.9 Å². The van der Waals surface area contributed by atoms with Gasteiger partial charge in [0.1, 0.15) is 0 Å². The molecule has 0 amide bonds. The van der Waals surface area contributed by atoms with Crippen molar-refractivity contribution < 1.29 is 68.7 Å². The summed E-state index contributed by atoms with van der Waals surface area (Å²) in [4.78, 5) is 18.7. The molecule has 0 aliphatic carbocycles. The minimum atomic E-state index is -4.56. The number of nitrogens with zero attached hydrogens (tertiary/aromatic N) is 4. The topological polar surface area (TPSA) is 271 Å². The van der Waals surface area contributed by atoms with Gasteiger partial charge < -0.3 is 9.97 Å². The van der Waals surface area contributed by atoms with Crippen molar-refractivity contribution in [3.8, 4) is 44.5 Å². The Balaban J connectivity index is 0.00000576. The molecule has 0 saturated heterocycles. The summed E-state index contributed by atoms with van der Waals surface area (Å²) in [5.74, 6) is 0. The second kappa shape index (κ2) is 16.6. The summed E-state index contributed by atoms with van der Waals surface area (Å²) in [6, 6.07) is 28.4. The minimum absolute atomic E-state index is 0. The van der Waals surface area contributed by atoms with Gasteiger partial charge in [0.15, 0.2) is 0 Å². The summed E-state index contributed by atoms with van der Waals surface area (Å²) >= 11 is 0. The molecule has 4 aromatic carbocycles. The molecule has 8 bridgehead atoms. The van der Waals surface area contributed by atoms with Crippen LogP contribution in [0, 0.1) is 0 Å². The zero-order valence-electron chi connectivity index (χ0n) is 32.7. The zero-order valence-corrected chi connectivity index (χ0v) is 37.0. The van der Waals surface area contributed by atoms with E-state index in [4.69, 9.17) is 19.9 Å². The molecule has 9 rings (SSSR count). The van der Waals surface area contributed by atoms with E-state index in [1.807, 2.05) is 0 Å². The van der Waals surface area contributed by atoms with Gasteiger partial charge in [-0.15, -0.1) is 22.1 Å². The molecule has 7 aromatic rings. The first-order valence-electron chi connectivity index (χ1n) is 18.6. The summed E-state index contributed by atoms with van der Waals surface area (Å²) in [6.45, 7) is 0. The third-order valence-corrected chi connectivity index (χ3v) is 13.8. The Morgan fingerprint density at radius 2 is 0.492 bits per heavy atom. The van der Waals surface area contributed by atoms with Gasteiger partial charge in [-0.2, -0.15) is 33.7 Å². The Morgan fingerprint density at radius 1 is 0.308 bits per heavy atom. The second-order valence-electron chi connectivity index (χ2n) is 14.4. The maximum absolute atomic E-state index is 12.0. The first kappa shape index (κ1) is 45.2. The third kappa shape index (κ3) is 8.89. The number of rotatable bonds is 8. The summed E-state index contributed by atoms with van der Waals surface area (Å²) in [5.41, 5.74) is 6.28. The van der Waals surface area contributed by atoms with Crippen molar-refractivity contribution in [1.82, 2.24) is 19.9 Å². The molecule has 4 N–H and O–H groups in total. The molecule has 0 saturated carbocycles. The maximum atomic E-state index is 12.0. The van der Waals surface area contributed by atoms with Crippen LogP contribution in [-0.2, 0) is 57.3 Å². The molecule has 0 unspecified atom stereocenters. The second-order valence-corrected chi connectivity index (χ2v) is 20.0. The Hall–Kier alpha value is -6.37. The standard InChI is InChI=1S/C44H28N4O12S4.Co/c49-61(50,51)29-9-1-25(2-10-29)41-33-17-19-35(45-33)42(26-3-11-30(12-4-26)62(52,53)54)37-21-23-39(47-37)44(28-7-15-32(16-8-28)64(58,59)60)40-24-22-38(48-40)43(36-20-18-34(41)46-36)27-5-13-31(14-6-27)63(55,56)57;/h1-24H,(H,49,50,51)(H,52,53,54)(H,55,56,57)(H,58,59,60);/q-2;+2. The van der Waals surface area contributed by atoms with Crippen LogP contribution in [0.5, 0.6) is 0 Å². The quantitative estimate of drug-likeness (QED) is 0.107. The van der Waals surface area contributed by atoms with Gasteiger partial charge in [0.05, 0.1) is 42.4 Å². The largest absolute Gasteiger partial charge is 2.00 e. The molecule has 0 fully saturated rings. The first-order chi connectivity index (χ1) is 30.2. The predicted octanol–water partition coefficient (Wildman–Crippen LogP) is 7.57. The number of fused-ring (bicyclic) bond motifs is 8. The van der Waals surface area contributed by atoms with Crippen molar-refractivity contribution in [2.45, 2.75) is 19.6 Å². The molecule has 65 heavy (non-hydrogen) atoms. The van der Waals surface area contributed by atoms with Crippen molar-refractivity contribution >= 4 is 86.8 Å². The van der Waals surface area contributed by atoms with E-state index >= 15 is 0 Å². The van der Waals surface area contributed by atoms with Gasteiger partial charge in [-0.25, -0.2) is 9.97 Å². The van der Waals surface area contributed by atoms with Crippen molar-refractivity contribution in [1.29, 1.82) is 0 Å².